The van der Waals surface area contributed by atoms with E-state index in [2.05, 4.69) is 0 Å². The van der Waals surface area contributed by atoms with E-state index < -0.39 is 30.2 Å². The molecular weight excluding hydrogens is 285 g/mol. The number of benzene rings is 1. The van der Waals surface area contributed by atoms with E-state index in [-0.39, 0.29) is 11.5 Å². The van der Waals surface area contributed by atoms with Crippen molar-refractivity contribution in [3.05, 3.63) is 23.8 Å². The average Bonchev–Trinajstić information content (AvgIpc) is 2.59. The fraction of sp³-hybridized carbons (Fsp3) is 0.533. The Hall–Kier alpha value is -1.57. The molecule has 0 unspecified atom stereocenters. The van der Waals surface area contributed by atoms with E-state index >= 15 is 0 Å². The fourth-order valence-electron chi connectivity index (χ4n) is 2.18. The zero-order valence-electron chi connectivity index (χ0n) is 13.5. The highest BCUT2D eigenvalue weighted by Gasteiger charge is 2.53. The maximum atomic E-state index is 10.9. The minimum Gasteiger partial charge on any atom is -0.504 e. The number of carbonyl (C=O) groups is 1. The summed E-state index contributed by atoms with van der Waals surface area (Å²) in [7, 11) is -0.621. The molecule has 0 saturated carbocycles. The van der Waals surface area contributed by atoms with Gasteiger partial charge in [-0.05, 0) is 45.4 Å². The molecule has 1 saturated heterocycles. The molecule has 22 heavy (non-hydrogen) atoms. The van der Waals surface area contributed by atoms with Gasteiger partial charge in [-0.3, -0.25) is 4.79 Å². The molecule has 0 amide bonds. The molecule has 7 heteroatoms. The highest BCUT2D eigenvalue weighted by molar-refractivity contribution is 6.47. The van der Waals surface area contributed by atoms with E-state index in [1.54, 1.807) is 6.07 Å². The van der Waals surface area contributed by atoms with E-state index in [4.69, 9.17) is 19.8 Å². The molecular formula is C15H22BNO5. The molecule has 1 heterocycles. The van der Waals surface area contributed by atoms with Gasteiger partial charge >= 0.3 is 13.1 Å². The smallest absolute Gasteiger partial charge is 0.480 e. The van der Waals surface area contributed by atoms with Crippen LogP contribution in [0.25, 0.3) is 0 Å². The van der Waals surface area contributed by atoms with Gasteiger partial charge in [-0.15, -0.1) is 0 Å². The summed E-state index contributed by atoms with van der Waals surface area (Å²) in [5.74, 6) is -1.13. The van der Waals surface area contributed by atoms with Gasteiger partial charge in [0.25, 0.3) is 0 Å². The number of carbonyl (C=O) groups excluding carboxylic acids is 1. The van der Waals surface area contributed by atoms with Crippen LogP contribution < -0.4 is 10.5 Å². The van der Waals surface area contributed by atoms with Gasteiger partial charge < -0.3 is 24.9 Å². The lowest BCUT2D eigenvalue weighted by Crippen LogP contribution is -2.41. The number of ether oxygens (including phenoxy) is 1. The van der Waals surface area contributed by atoms with Crippen molar-refractivity contribution in [1.29, 1.82) is 0 Å². The molecule has 0 bridgehead atoms. The van der Waals surface area contributed by atoms with Crippen LogP contribution in [0, 0.1) is 0 Å². The molecule has 1 atom stereocenters. The largest absolute Gasteiger partial charge is 0.504 e. The molecule has 0 aliphatic carbocycles. The number of phenols is 1. The Bertz CT molecular complexity index is 571. The first-order chi connectivity index (χ1) is 10.0. The van der Waals surface area contributed by atoms with Crippen molar-refractivity contribution in [2.75, 3.05) is 0 Å². The first kappa shape index (κ1) is 16.8. The minimum absolute atomic E-state index is 0.0948. The number of hydrogen-bond acceptors (Lipinski definition) is 6. The summed E-state index contributed by atoms with van der Waals surface area (Å²) in [4.78, 5) is 10.9. The van der Waals surface area contributed by atoms with Crippen LogP contribution in [-0.2, 0) is 14.1 Å². The standard InChI is InChI=1S/C15H22BNO5/c1-9(18)20-12-7-6-10(8-11(12)19)13(17)16-21-14(2,3)15(4,5)22-16/h6-8,13,19H,17H2,1-5H3/t13-/m1/s1. The molecule has 1 aromatic carbocycles. The van der Waals surface area contributed by atoms with Crippen LogP contribution in [0.15, 0.2) is 18.2 Å². The van der Waals surface area contributed by atoms with Crippen LogP contribution in [-0.4, -0.2) is 29.4 Å². The van der Waals surface area contributed by atoms with Gasteiger partial charge in [-0.25, -0.2) is 0 Å². The van der Waals surface area contributed by atoms with Crippen LogP contribution in [0.4, 0.5) is 0 Å². The second-order valence-corrected chi connectivity index (χ2v) is 6.47. The van der Waals surface area contributed by atoms with Gasteiger partial charge in [0.2, 0.25) is 0 Å². The first-order valence-electron chi connectivity index (χ1n) is 7.16. The Kier molecular flexibility index (Phi) is 4.25. The summed E-state index contributed by atoms with van der Waals surface area (Å²) in [5.41, 5.74) is 5.87. The van der Waals surface area contributed by atoms with Crippen LogP contribution in [0.5, 0.6) is 11.5 Å². The Balaban J connectivity index is 2.19. The highest BCUT2D eigenvalue weighted by Crippen LogP contribution is 2.40. The van der Waals surface area contributed by atoms with Crippen LogP contribution in [0.1, 0.15) is 46.1 Å². The molecule has 2 rings (SSSR count). The summed E-state index contributed by atoms with van der Waals surface area (Å²) < 4.78 is 16.7. The molecule has 0 aromatic heterocycles. The first-order valence-corrected chi connectivity index (χ1v) is 7.16. The molecule has 3 N–H and O–H groups in total. The Morgan fingerprint density at radius 2 is 1.82 bits per heavy atom. The van der Waals surface area contributed by atoms with Crippen molar-refractivity contribution in [3.8, 4) is 11.5 Å². The minimum atomic E-state index is -0.621. The second kappa shape index (κ2) is 5.57. The normalized spacial score (nSPS) is 20.7. The number of hydrogen-bond donors (Lipinski definition) is 2. The molecule has 0 radical (unpaired) electrons. The lowest BCUT2D eigenvalue weighted by molar-refractivity contribution is -0.132. The van der Waals surface area contributed by atoms with Gasteiger partial charge in [0.05, 0.1) is 17.1 Å². The van der Waals surface area contributed by atoms with Crippen molar-refractivity contribution in [3.63, 3.8) is 0 Å². The van der Waals surface area contributed by atoms with E-state index in [9.17, 15) is 9.90 Å². The molecule has 1 fully saturated rings. The number of nitrogens with two attached hydrogens (primary N) is 1. The third-order valence-corrected chi connectivity index (χ3v) is 4.19. The third kappa shape index (κ3) is 3.11. The molecule has 1 aromatic rings. The van der Waals surface area contributed by atoms with Gasteiger partial charge in [-0.1, -0.05) is 6.07 Å². The lowest BCUT2D eigenvalue weighted by atomic mass is 9.75. The van der Waals surface area contributed by atoms with Crippen molar-refractivity contribution < 1.29 is 23.9 Å². The second-order valence-electron chi connectivity index (χ2n) is 6.47. The summed E-state index contributed by atoms with van der Waals surface area (Å²) in [5, 5.41) is 9.92. The number of esters is 1. The summed E-state index contributed by atoms with van der Waals surface area (Å²) in [6.07, 6.45) is 0. The average molecular weight is 307 g/mol. The Labute approximate surface area is 130 Å². The van der Waals surface area contributed by atoms with Crippen LogP contribution in [0.2, 0.25) is 0 Å². The van der Waals surface area contributed by atoms with Crippen molar-refractivity contribution >= 4 is 13.1 Å². The molecule has 6 nitrogen and oxygen atoms in total. The van der Waals surface area contributed by atoms with Crippen molar-refractivity contribution in [2.45, 2.75) is 51.8 Å². The number of aromatic hydroxyl groups is 1. The maximum absolute atomic E-state index is 10.9. The SMILES string of the molecule is CC(=O)Oc1ccc([C@@H](N)B2OC(C)(C)C(C)(C)O2)cc1O. The predicted octanol–water partition coefficient (Wildman–Crippen LogP) is 1.95. The van der Waals surface area contributed by atoms with Gasteiger partial charge in [0, 0.05) is 6.92 Å². The fourth-order valence-corrected chi connectivity index (χ4v) is 2.18. The molecule has 1 aliphatic heterocycles. The Morgan fingerprint density at radius 1 is 1.27 bits per heavy atom. The van der Waals surface area contributed by atoms with Gasteiger partial charge in [0.1, 0.15) is 0 Å². The third-order valence-electron chi connectivity index (χ3n) is 4.19. The van der Waals surface area contributed by atoms with Crippen LogP contribution >= 0.6 is 0 Å². The monoisotopic (exact) mass is 307 g/mol. The van der Waals surface area contributed by atoms with E-state index in [1.807, 2.05) is 27.7 Å². The van der Waals surface area contributed by atoms with Gasteiger partial charge in [-0.2, -0.15) is 0 Å². The maximum Gasteiger partial charge on any atom is 0.480 e. The molecule has 1 aliphatic rings. The van der Waals surface area contributed by atoms with E-state index in [0.29, 0.717) is 5.56 Å². The summed E-state index contributed by atoms with van der Waals surface area (Å²) >= 11 is 0. The number of rotatable bonds is 3. The van der Waals surface area contributed by atoms with Crippen molar-refractivity contribution in [1.82, 2.24) is 0 Å². The predicted molar refractivity (Wildman–Crippen MR) is 82.4 cm³/mol. The highest BCUT2D eigenvalue weighted by atomic mass is 16.7. The quantitative estimate of drug-likeness (QED) is 0.504. The van der Waals surface area contributed by atoms with E-state index in [1.165, 1.54) is 19.1 Å². The lowest BCUT2D eigenvalue weighted by Gasteiger charge is -2.32. The van der Waals surface area contributed by atoms with Gasteiger partial charge in [0.15, 0.2) is 11.5 Å². The summed E-state index contributed by atoms with van der Waals surface area (Å²) in [6, 6.07) is 4.62. The molecule has 120 valence electrons. The van der Waals surface area contributed by atoms with Crippen molar-refractivity contribution in [2.24, 2.45) is 5.73 Å². The molecule has 0 spiro atoms. The van der Waals surface area contributed by atoms with E-state index in [0.717, 1.165) is 0 Å². The zero-order valence-corrected chi connectivity index (χ0v) is 13.5. The summed E-state index contributed by atoms with van der Waals surface area (Å²) in [6.45, 7) is 9.05. The number of phenolic OH excluding ortho intramolecular Hbond substituents is 1. The zero-order chi connectivity index (χ0) is 16.7. The topological polar surface area (TPSA) is 91.0 Å². The van der Waals surface area contributed by atoms with Crippen LogP contribution in [0.3, 0.4) is 0 Å². The Morgan fingerprint density at radius 3 is 2.27 bits per heavy atom.